The molecule has 4 nitrogen and oxygen atoms in total. The average Bonchev–Trinajstić information content (AvgIpc) is 2.79. The van der Waals surface area contributed by atoms with Gasteiger partial charge in [-0.05, 0) is 54.7 Å². The molecule has 0 spiro atoms. The Kier molecular flexibility index (Phi) is 6.12. The predicted octanol–water partition coefficient (Wildman–Crippen LogP) is 5.99. The topological polar surface area (TPSA) is 61.7 Å². The van der Waals surface area contributed by atoms with E-state index in [1.165, 1.54) is 32.1 Å². The third-order valence-corrected chi connectivity index (χ3v) is 6.14. The molecule has 1 aliphatic rings. The van der Waals surface area contributed by atoms with E-state index in [4.69, 9.17) is 0 Å². The molecular weight excluding hydrogens is 372 g/mol. The van der Waals surface area contributed by atoms with E-state index in [0.29, 0.717) is 22.7 Å². The lowest BCUT2D eigenvalue weighted by atomic mass is 9.84. The van der Waals surface area contributed by atoms with Crippen LogP contribution in [0.3, 0.4) is 0 Å². The quantitative estimate of drug-likeness (QED) is 0.516. The van der Waals surface area contributed by atoms with Crippen molar-refractivity contribution >= 4 is 28.6 Å². The molecule has 4 rings (SSSR count). The van der Waals surface area contributed by atoms with E-state index in [0.717, 1.165) is 10.8 Å². The van der Waals surface area contributed by atoms with Crippen molar-refractivity contribution in [3.05, 3.63) is 71.8 Å². The molecule has 1 atom stereocenters. The van der Waals surface area contributed by atoms with Gasteiger partial charge in [0.25, 0.3) is 5.91 Å². The van der Waals surface area contributed by atoms with Crippen LogP contribution in [0, 0.1) is 5.92 Å². The number of benzene rings is 3. The molecule has 0 bridgehead atoms. The molecule has 30 heavy (non-hydrogen) atoms. The highest BCUT2D eigenvalue weighted by molar-refractivity contribution is 6.04. The maximum Gasteiger partial charge on any atom is 0.253 e. The summed E-state index contributed by atoms with van der Waals surface area (Å²) in [6, 6.07) is 18.9. The Labute approximate surface area is 177 Å². The Morgan fingerprint density at radius 1 is 1.03 bits per heavy atom. The van der Waals surface area contributed by atoms with Gasteiger partial charge >= 0.3 is 0 Å². The van der Waals surface area contributed by atoms with Crippen LogP contribution in [-0.4, -0.2) is 23.3 Å². The Balaban J connectivity index is 1.58. The van der Waals surface area contributed by atoms with Crippen molar-refractivity contribution in [3.8, 4) is 5.75 Å². The van der Waals surface area contributed by atoms with Crippen molar-refractivity contribution in [3.63, 3.8) is 0 Å². The third-order valence-electron chi connectivity index (χ3n) is 6.14. The van der Waals surface area contributed by atoms with Gasteiger partial charge < -0.3 is 10.4 Å². The van der Waals surface area contributed by atoms with E-state index in [1.54, 1.807) is 18.3 Å². The summed E-state index contributed by atoms with van der Waals surface area (Å²) in [7, 11) is 0. The molecular formula is C26H28N2O2. The Hall–Kier alpha value is -3.14. The fourth-order valence-electron chi connectivity index (χ4n) is 4.37. The van der Waals surface area contributed by atoms with Crippen LogP contribution in [0.25, 0.3) is 10.8 Å². The van der Waals surface area contributed by atoms with Crippen molar-refractivity contribution in [2.45, 2.75) is 45.1 Å². The summed E-state index contributed by atoms with van der Waals surface area (Å²) in [5, 5.41) is 15.5. The normalized spacial score (nSPS) is 16.0. The minimum atomic E-state index is -0.0945. The lowest BCUT2D eigenvalue weighted by Crippen LogP contribution is -2.38. The predicted molar refractivity (Wildman–Crippen MR) is 123 cm³/mol. The van der Waals surface area contributed by atoms with Gasteiger partial charge in [-0.25, -0.2) is 0 Å². The molecule has 154 valence electrons. The van der Waals surface area contributed by atoms with Crippen LogP contribution in [-0.2, 0) is 0 Å². The van der Waals surface area contributed by atoms with Gasteiger partial charge in [0.15, 0.2) is 0 Å². The summed E-state index contributed by atoms with van der Waals surface area (Å²) in [5.41, 5.74) is 1.80. The highest BCUT2D eigenvalue weighted by Crippen LogP contribution is 2.28. The zero-order valence-corrected chi connectivity index (χ0v) is 17.3. The molecule has 0 heterocycles. The van der Waals surface area contributed by atoms with Crippen LogP contribution >= 0.6 is 0 Å². The second-order valence-corrected chi connectivity index (χ2v) is 8.16. The number of carbonyl (C=O) groups excluding carboxylic acids is 1. The van der Waals surface area contributed by atoms with Gasteiger partial charge in [0.2, 0.25) is 0 Å². The molecule has 2 N–H and O–H groups in total. The van der Waals surface area contributed by atoms with Gasteiger partial charge in [0.05, 0.1) is 11.3 Å². The standard InChI is InChI=1S/C26H28N2O2/c1-18(19-9-3-2-4-10-19)28-26(30)22-13-7-8-14-24(22)27-17-23-21-12-6-5-11-20(21)15-16-25(23)29/h5-8,11-19,29H,2-4,9-10H2,1H3,(H,28,30)/t18-/m1/s1. The van der Waals surface area contributed by atoms with Crippen LogP contribution in [0.5, 0.6) is 5.75 Å². The fourth-order valence-corrected chi connectivity index (χ4v) is 4.37. The number of phenols is 1. The maximum atomic E-state index is 13.0. The zero-order valence-electron chi connectivity index (χ0n) is 17.3. The molecule has 1 amide bonds. The molecule has 1 aliphatic carbocycles. The second-order valence-electron chi connectivity index (χ2n) is 8.16. The van der Waals surface area contributed by atoms with E-state index in [-0.39, 0.29) is 17.7 Å². The van der Waals surface area contributed by atoms with E-state index < -0.39 is 0 Å². The molecule has 0 saturated heterocycles. The van der Waals surface area contributed by atoms with Gasteiger partial charge in [-0.3, -0.25) is 9.79 Å². The summed E-state index contributed by atoms with van der Waals surface area (Å²) in [5.74, 6) is 0.624. The first-order chi connectivity index (χ1) is 14.6. The number of phenolic OH excluding ortho intramolecular Hbond substituents is 1. The largest absolute Gasteiger partial charge is 0.507 e. The minimum absolute atomic E-state index is 0.0945. The van der Waals surface area contributed by atoms with Crippen molar-refractivity contribution < 1.29 is 9.90 Å². The van der Waals surface area contributed by atoms with E-state index >= 15 is 0 Å². The number of carbonyl (C=O) groups is 1. The highest BCUT2D eigenvalue weighted by atomic mass is 16.3. The second kappa shape index (κ2) is 9.12. The van der Waals surface area contributed by atoms with Gasteiger partial charge in [0.1, 0.15) is 5.75 Å². The molecule has 4 heteroatoms. The van der Waals surface area contributed by atoms with Crippen molar-refractivity contribution in [2.24, 2.45) is 10.9 Å². The first-order valence-corrected chi connectivity index (χ1v) is 10.8. The molecule has 0 unspecified atom stereocenters. The molecule has 0 radical (unpaired) electrons. The summed E-state index contributed by atoms with van der Waals surface area (Å²) >= 11 is 0. The molecule has 0 aliphatic heterocycles. The zero-order chi connectivity index (χ0) is 20.9. The fraction of sp³-hybridized carbons (Fsp3) is 0.308. The van der Waals surface area contributed by atoms with Crippen LogP contribution in [0.4, 0.5) is 5.69 Å². The summed E-state index contributed by atoms with van der Waals surface area (Å²) < 4.78 is 0. The van der Waals surface area contributed by atoms with Gasteiger partial charge in [0, 0.05) is 17.8 Å². The Morgan fingerprint density at radius 2 is 1.77 bits per heavy atom. The van der Waals surface area contributed by atoms with Crippen LogP contribution in [0.1, 0.15) is 54.9 Å². The van der Waals surface area contributed by atoms with Crippen LogP contribution < -0.4 is 5.32 Å². The number of para-hydroxylation sites is 1. The third kappa shape index (κ3) is 4.38. The summed E-state index contributed by atoms with van der Waals surface area (Å²) in [6.07, 6.45) is 7.81. The molecule has 3 aromatic rings. The van der Waals surface area contributed by atoms with E-state index in [1.807, 2.05) is 48.5 Å². The van der Waals surface area contributed by atoms with Gasteiger partial charge in [-0.1, -0.05) is 61.7 Å². The number of rotatable bonds is 5. The number of hydrogen-bond acceptors (Lipinski definition) is 3. The van der Waals surface area contributed by atoms with E-state index in [9.17, 15) is 9.90 Å². The molecule has 3 aromatic carbocycles. The average molecular weight is 401 g/mol. The van der Waals surface area contributed by atoms with Crippen LogP contribution in [0.15, 0.2) is 65.7 Å². The molecule has 0 aromatic heterocycles. The maximum absolute atomic E-state index is 13.0. The van der Waals surface area contributed by atoms with Gasteiger partial charge in [-0.2, -0.15) is 0 Å². The number of aliphatic imine (C=N–C) groups is 1. The Morgan fingerprint density at radius 3 is 2.60 bits per heavy atom. The summed E-state index contributed by atoms with van der Waals surface area (Å²) in [6.45, 7) is 2.11. The number of fused-ring (bicyclic) bond motifs is 1. The molecule has 1 fully saturated rings. The van der Waals surface area contributed by atoms with Crippen molar-refractivity contribution in [1.29, 1.82) is 0 Å². The first-order valence-electron chi connectivity index (χ1n) is 10.8. The number of amides is 1. The van der Waals surface area contributed by atoms with E-state index in [2.05, 4.69) is 17.2 Å². The SMILES string of the molecule is C[C@@H](NC(=O)c1ccccc1N=Cc1c(O)ccc2ccccc12)C1CCCCC1. The van der Waals surface area contributed by atoms with Crippen molar-refractivity contribution in [2.75, 3.05) is 0 Å². The van der Waals surface area contributed by atoms with Crippen LogP contribution in [0.2, 0.25) is 0 Å². The molecule has 1 saturated carbocycles. The summed E-state index contributed by atoms with van der Waals surface area (Å²) in [4.78, 5) is 17.6. The Bertz CT molecular complexity index is 1070. The first kappa shape index (κ1) is 20.1. The number of nitrogens with one attached hydrogen (secondary N) is 1. The number of hydrogen-bond donors (Lipinski definition) is 2. The lowest BCUT2D eigenvalue weighted by Gasteiger charge is -2.28. The smallest absolute Gasteiger partial charge is 0.253 e. The number of nitrogens with zero attached hydrogens (tertiary/aromatic N) is 1. The van der Waals surface area contributed by atoms with Gasteiger partial charge in [-0.15, -0.1) is 0 Å². The lowest BCUT2D eigenvalue weighted by molar-refractivity contribution is 0.0920. The number of aromatic hydroxyl groups is 1. The monoisotopic (exact) mass is 400 g/mol. The minimum Gasteiger partial charge on any atom is -0.507 e. The van der Waals surface area contributed by atoms with Crippen molar-refractivity contribution in [1.82, 2.24) is 5.32 Å². The highest BCUT2D eigenvalue weighted by Gasteiger charge is 2.22.